The monoisotopic (exact) mass is 369 g/mol. The van der Waals surface area contributed by atoms with E-state index in [0.717, 1.165) is 17.7 Å². The third-order valence-electron chi connectivity index (χ3n) is 5.33. The topological polar surface area (TPSA) is 74.2 Å². The predicted octanol–water partition coefficient (Wildman–Crippen LogP) is 4.28. The second-order valence-corrected chi connectivity index (χ2v) is 8.35. The van der Waals surface area contributed by atoms with Crippen LogP contribution in [-0.4, -0.2) is 22.0 Å². The van der Waals surface area contributed by atoms with Crippen LogP contribution in [0.5, 0.6) is 5.88 Å². The van der Waals surface area contributed by atoms with E-state index in [2.05, 4.69) is 27.8 Å². The van der Waals surface area contributed by atoms with Gasteiger partial charge in [0.2, 0.25) is 11.8 Å². The number of nitrogens with zero attached hydrogens (tertiary/aromatic N) is 1. The van der Waals surface area contributed by atoms with Gasteiger partial charge in [0.15, 0.2) is 5.13 Å². The Morgan fingerprint density at radius 1 is 1.27 bits per heavy atom. The highest BCUT2D eigenvalue weighted by atomic mass is 32.1. The van der Waals surface area contributed by atoms with E-state index in [0.29, 0.717) is 27.9 Å². The van der Waals surface area contributed by atoms with E-state index < -0.39 is 5.92 Å². The van der Waals surface area contributed by atoms with E-state index >= 15 is 0 Å². The first-order valence-corrected chi connectivity index (χ1v) is 9.83. The molecule has 0 saturated heterocycles. The lowest BCUT2D eigenvalue weighted by molar-refractivity contribution is -0.117. The standard InChI is InChI=1S/C20H23N3O2S/c1-11-3-7-15(8-4-11)21-18(24)12(2)17-19(25)23-20(26-17)22-16-10-13-5-6-14(16)9-13/h3-8,12-14,16,25H,9-10H2,1-2H3,(H,21,24)(H,22,23). The summed E-state index contributed by atoms with van der Waals surface area (Å²) in [7, 11) is 0. The number of aryl methyl sites for hydroxylation is 1. The van der Waals surface area contributed by atoms with Gasteiger partial charge in [0.1, 0.15) is 0 Å². The molecule has 1 saturated carbocycles. The second-order valence-electron chi connectivity index (χ2n) is 7.31. The fraction of sp³-hybridized carbons (Fsp3) is 0.400. The summed E-state index contributed by atoms with van der Waals surface area (Å²) in [6.07, 6.45) is 6.89. The maximum Gasteiger partial charge on any atom is 0.232 e. The number of nitrogens with one attached hydrogen (secondary N) is 2. The van der Waals surface area contributed by atoms with Gasteiger partial charge in [-0.05, 0) is 50.7 Å². The van der Waals surface area contributed by atoms with Crippen LogP contribution < -0.4 is 10.6 Å². The lowest BCUT2D eigenvalue weighted by Gasteiger charge is -2.18. The number of carbonyl (C=O) groups excluding carboxylic acids is 1. The Bertz CT molecular complexity index is 843. The molecule has 1 amide bonds. The van der Waals surface area contributed by atoms with Gasteiger partial charge in [-0.3, -0.25) is 4.79 Å². The van der Waals surface area contributed by atoms with Gasteiger partial charge in [-0.2, -0.15) is 4.98 Å². The largest absolute Gasteiger partial charge is 0.492 e. The van der Waals surface area contributed by atoms with Crippen molar-refractivity contribution in [2.45, 2.75) is 38.6 Å². The first kappa shape index (κ1) is 17.1. The highest BCUT2D eigenvalue weighted by molar-refractivity contribution is 7.16. The zero-order chi connectivity index (χ0) is 18.3. The molecular weight excluding hydrogens is 346 g/mol. The van der Waals surface area contributed by atoms with Crippen molar-refractivity contribution in [2.24, 2.45) is 11.8 Å². The summed E-state index contributed by atoms with van der Waals surface area (Å²) in [5.41, 5.74) is 1.89. The molecule has 2 aliphatic rings. The van der Waals surface area contributed by atoms with Crippen LogP contribution in [0.1, 0.15) is 36.1 Å². The molecule has 0 aliphatic heterocycles. The molecule has 4 unspecified atom stereocenters. The number of anilines is 2. The summed E-state index contributed by atoms with van der Waals surface area (Å²) in [6, 6.07) is 8.04. The van der Waals surface area contributed by atoms with Crippen LogP contribution >= 0.6 is 11.3 Å². The van der Waals surface area contributed by atoms with Crippen molar-refractivity contribution < 1.29 is 9.90 Å². The van der Waals surface area contributed by atoms with Gasteiger partial charge in [-0.1, -0.05) is 41.2 Å². The smallest absolute Gasteiger partial charge is 0.232 e. The summed E-state index contributed by atoms with van der Waals surface area (Å²) in [5, 5.41) is 17.3. The summed E-state index contributed by atoms with van der Waals surface area (Å²) in [5.74, 6) is 0.552. The Morgan fingerprint density at radius 3 is 2.69 bits per heavy atom. The lowest BCUT2D eigenvalue weighted by Crippen LogP contribution is -2.23. The van der Waals surface area contributed by atoms with Crippen LogP contribution in [0.4, 0.5) is 10.8 Å². The van der Waals surface area contributed by atoms with Crippen molar-refractivity contribution >= 4 is 28.1 Å². The van der Waals surface area contributed by atoms with Crippen molar-refractivity contribution in [3.8, 4) is 5.88 Å². The normalized spacial score (nSPS) is 24.6. The Hall–Kier alpha value is -2.34. The molecule has 0 radical (unpaired) electrons. The van der Waals surface area contributed by atoms with Crippen molar-refractivity contribution in [1.29, 1.82) is 0 Å². The van der Waals surface area contributed by atoms with Gasteiger partial charge in [0, 0.05) is 11.7 Å². The maximum absolute atomic E-state index is 12.5. The van der Waals surface area contributed by atoms with Crippen molar-refractivity contribution in [1.82, 2.24) is 4.98 Å². The molecule has 3 N–H and O–H groups in total. The second kappa shape index (κ2) is 6.76. The Balaban J connectivity index is 1.43. The number of rotatable bonds is 5. The molecule has 2 aliphatic carbocycles. The molecule has 5 nitrogen and oxygen atoms in total. The molecule has 26 heavy (non-hydrogen) atoms. The maximum atomic E-state index is 12.5. The molecule has 1 aromatic carbocycles. The van der Waals surface area contributed by atoms with Gasteiger partial charge >= 0.3 is 0 Å². The average molecular weight is 369 g/mol. The Morgan fingerprint density at radius 2 is 2.04 bits per heavy atom. The zero-order valence-corrected chi connectivity index (χ0v) is 15.7. The molecule has 0 spiro atoms. The predicted molar refractivity (Wildman–Crippen MR) is 105 cm³/mol. The van der Waals surface area contributed by atoms with Crippen molar-refractivity contribution in [2.75, 3.05) is 10.6 Å². The lowest BCUT2D eigenvalue weighted by atomic mass is 10.0. The Labute approximate surface area is 157 Å². The quantitative estimate of drug-likeness (QED) is 0.688. The number of benzene rings is 1. The minimum Gasteiger partial charge on any atom is -0.492 e. The molecule has 2 bridgehead atoms. The van der Waals surface area contributed by atoms with E-state index in [1.807, 2.05) is 31.2 Å². The summed E-state index contributed by atoms with van der Waals surface area (Å²) in [6.45, 7) is 3.80. The highest BCUT2D eigenvalue weighted by Crippen LogP contribution is 2.42. The molecule has 1 aromatic heterocycles. The fourth-order valence-corrected chi connectivity index (χ4v) is 4.75. The molecule has 136 valence electrons. The number of hydrogen-bond acceptors (Lipinski definition) is 5. The van der Waals surface area contributed by atoms with E-state index in [1.165, 1.54) is 17.8 Å². The number of hydrogen-bond donors (Lipinski definition) is 3. The number of carbonyl (C=O) groups is 1. The minimum atomic E-state index is -0.468. The van der Waals surface area contributed by atoms with E-state index in [9.17, 15) is 9.90 Å². The van der Waals surface area contributed by atoms with E-state index in [4.69, 9.17) is 0 Å². The first-order valence-electron chi connectivity index (χ1n) is 9.01. The molecular formula is C20H23N3O2S. The zero-order valence-electron chi connectivity index (χ0n) is 14.9. The van der Waals surface area contributed by atoms with Gasteiger partial charge in [-0.25, -0.2) is 0 Å². The van der Waals surface area contributed by atoms with E-state index in [-0.39, 0.29) is 11.8 Å². The number of fused-ring (bicyclic) bond motifs is 2. The van der Waals surface area contributed by atoms with Gasteiger partial charge in [0.05, 0.1) is 10.8 Å². The summed E-state index contributed by atoms with van der Waals surface area (Å²) in [4.78, 5) is 17.4. The number of allylic oxidation sites excluding steroid dienone is 1. The number of thiazole rings is 1. The fourth-order valence-electron chi connectivity index (χ4n) is 3.78. The van der Waals surface area contributed by atoms with Gasteiger partial charge in [-0.15, -0.1) is 0 Å². The molecule has 4 rings (SSSR count). The minimum absolute atomic E-state index is 0.0530. The van der Waals surface area contributed by atoms with E-state index in [1.54, 1.807) is 6.92 Å². The molecule has 4 atom stereocenters. The van der Waals surface area contributed by atoms with Crippen LogP contribution in [0, 0.1) is 18.8 Å². The van der Waals surface area contributed by atoms with Crippen LogP contribution in [0.25, 0.3) is 0 Å². The Kier molecular flexibility index (Phi) is 4.44. The van der Waals surface area contributed by atoms with Crippen LogP contribution in [-0.2, 0) is 4.79 Å². The number of amides is 1. The third kappa shape index (κ3) is 3.33. The molecule has 1 heterocycles. The van der Waals surface area contributed by atoms with Gasteiger partial charge < -0.3 is 15.7 Å². The molecule has 2 aromatic rings. The molecule has 6 heteroatoms. The van der Waals surface area contributed by atoms with Crippen LogP contribution in [0.15, 0.2) is 36.4 Å². The highest BCUT2D eigenvalue weighted by Gasteiger charge is 2.36. The number of aromatic hydroxyl groups is 1. The summed E-state index contributed by atoms with van der Waals surface area (Å²) < 4.78 is 0. The van der Waals surface area contributed by atoms with Crippen molar-refractivity contribution in [3.05, 3.63) is 46.9 Å². The third-order valence-corrected chi connectivity index (χ3v) is 6.49. The first-order chi connectivity index (χ1) is 12.5. The molecule has 1 fully saturated rings. The average Bonchev–Trinajstić information content (AvgIpc) is 3.32. The summed E-state index contributed by atoms with van der Waals surface area (Å²) >= 11 is 1.37. The van der Waals surface area contributed by atoms with Crippen LogP contribution in [0.2, 0.25) is 0 Å². The van der Waals surface area contributed by atoms with Crippen LogP contribution in [0.3, 0.4) is 0 Å². The van der Waals surface area contributed by atoms with Crippen molar-refractivity contribution in [3.63, 3.8) is 0 Å². The number of aromatic nitrogens is 1. The SMILES string of the molecule is Cc1ccc(NC(=O)C(C)c2sc(NC3CC4C=CC3C4)nc2O)cc1. The van der Waals surface area contributed by atoms with Gasteiger partial charge in [0.25, 0.3) is 0 Å².